The van der Waals surface area contributed by atoms with Crippen LogP contribution in [-0.2, 0) is 0 Å². The van der Waals surface area contributed by atoms with E-state index in [0.717, 1.165) is 50.1 Å². The predicted molar refractivity (Wildman–Crippen MR) is 263 cm³/mol. The molecule has 0 radical (unpaired) electrons. The summed E-state index contributed by atoms with van der Waals surface area (Å²) in [5.41, 5.74) is 37.8. The van der Waals surface area contributed by atoms with Gasteiger partial charge in [-0.2, -0.15) is 0 Å². The quantitative estimate of drug-likeness (QED) is 0.106. The van der Waals surface area contributed by atoms with Crippen molar-refractivity contribution in [1.82, 2.24) is 0 Å². The van der Waals surface area contributed by atoms with Crippen LogP contribution in [0.25, 0.3) is 0 Å². The van der Waals surface area contributed by atoms with Gasteiger partial charge in [0.15, 0.2) is 0 Å². The summed E-state index contributed by atoms with van der Waals surface area (Å²) in [4.78, 5) is 0. The summed E-state index contributed by atoms with van der Waals surface area (Å²) in [5, 5.41) is 0. The Labute approximate surface area is 372 Å². The molecule has 7 aromatic carbocycles. The molecule has 3 nitrogen and oxygen atoms in total. The van der Waals surface area contributed by atoms with Crippen molar-refractivity contribution in [3.8, 4) is 71.0 Å². The standard InChI is InChI=1S/C60H45N3/c1-40-25-41(2)29-49(28-40)10-7-46-13-19-55(58(61)37-46)22-16-52-34-53(17-23-56-20-14-47(38-59(56)62)8-11-50-30-42(3)26-43(4)31-50)36-54(35-52)18-24-57-21-15-48(39-60(57)63)9-12-51-32-44(5)27-45(6)33-51/h13-15,19-21,25-39H,61-63H2,1-6H3. The van der Waals surface area contributed by atoms with Crippen molar-refractivity contribution in [2.45, 2.75) is 41.5 Å². The van der Waals surface area contributed by atoms with E-state index >= 15 is 0 Å². The summed E-state index contributed by atoms with van der Waals surface area (Å²) >= 11 is 0. The summed E-state index contributed by atoms with van der Waals surface area (Å²) in [6, 6.07) is 41.7. The molecule has 300 valence electrons. The van der Waals surface area contributed by atoms with Gasteiger partial charge in [0.2, 0.25) is 0 Å². The first kappa shape index (κ1) is 42.4. The Hall–Kier alpha value is -8.70. The van der Waals surface area contributed by atoms with E-state index in [1.807, 2.05) is 72.8 Å². The van der Waals surface area contributed by atoms with Crippen molar-refractivity contribution >= 4 is 17.1 Å². The number of anilines is 3. The molecule has 6 N–H and O–H groups in total. The van der Waals surface area contributed by atoms with E-state index in [9.17, 15) is 0 Å². The lowest BCUT2D eigenvalue weighted by Crippen LogP contribution is -1.92. The first-order chi connectivity index (χ1) is 30.3. The van der Waals surface area contributed by atoms with Crippen molar-refractivity contribution in [3.05, 3.63) is 228 Å². The Bertz CT molecular complexity index is 2930. The van der Waals surface area contributed by atoms with Crippen LogP contribution in [0.15, 0.2) is 127 Å². The SMILES string of the molecule is Cc1cc(C)cc(C#Cc2ccc(C#Cc3cc(C#Cc4ccc(C#Cc5cc(C)cc(C)c5)cc4N)cc(C#Cc4ccc(C#Cc5cc(C)cc(C)c5)cc4N)c3)c(N)c2)c1. The van der Waals surface area contributed by atoms with Crippen LogP contribution in [0.5, 0.6) is 0 Å². The average molecular weight is 808 g/mol. The van der Waals surface area contributed by atoms with E-state index in [2.05, 4.69) is 167 Å². The lowest BCUT2D eigenvalue weighted by atomic mass is 10.0. The van der Waals surface area contributed by atoms with Gasteiger partial charge in [-0.1, -0.05) is 89.2 Å². The van der Waals surface area contributed by atoms with Gasteiger partial charge in [-0.05, 0) is 184 Å². The Kier molecular flexibility index (Phi) is 12.9. The molecule has 0 aliphatic rings. The van der Waals surface area contributed by atoms with Crippen molar-refractivity contribution in [2.75, 3.05) is 17.2 Å². The highest BCUT2D eigenvalue weighted by Crippen LogP contribution is 2.19. The fourth-order valence-corrected chi connectivity index (χ4v) is 7.10. The number of hydrogen-bond donors (Lipinski definition) is 3. The number of nitrogens with two attached hydrogens (primary N) is 3. The molecule has 7 aromatic rings. The molecular formula is C60H45N3. The Morgan fingerprint density at radius 1 is 0.222 bits per heavy atom. The molecule has 0 heterocycles. The van der Waals surface area contributed by atoms with Gasteiger partial charge in [-0.3, -0.25) is 0 Å². The van der Waals surface area contributed by atoms with Crippen molar-refractivity contribution in [3.63, 3.8) is 0 Å². The maximum Gasteiger partial charge on any atom is 0.0485 e. The molecule has 7 rings (SSSR count). The Morgan fingerprint density at radius 2 is 0.429 bits per heavy atom. The molecule has 63 heavy (non-hydrogen) atoms. The van der Waals surface area contributed by atoms with Crippen LogP contribution in [0, 0.1) is 113 Å². The lowest BCUT2D eigenvalue weighted by Gasteiger charge is -2.02. The number of nitrogen functional groups attached to an aromatic ring is 3. The lowest BCUT2D eigenvalue weighted by molar-refractivity contribution is 1.37. The summed E-state index contributed by atoms with van der Waals surface area (Å²) in [6.45, 7) is 12.4. The van der Waals surface area contributed by atoms with Crippen LogP contribution in [-0.4, -0.2) is 0 Å². The molecule has 0 aliphatic carbocycles. The second-order valence-electron chi connectivity index (χ2n) is 15.8. The third-order valence-electron chi connectivity index (χ3n) is 9.83. The van der Waals surface area contributed by atoms with Gasteiger partial charge in [0.25, 0.3) is 0 Å². The maximum atomic E-state index is 6.50. The minimum absolute atomic E-state index is 0.543. The summed E-state index contributed by atoms with van der Waals surface area (Å²) in [7, 11) is 0. The number of benzene rings is 7. The van der Waals surface area contributed by atoms with Crippen LogP contribution < -0.4 is 17.2 Å². The van der Waals surface area contributed by atoms with Gasteiger partial charge in [0, 0.05) is 83.8 Å². The van der Waals surface area contributed by atoms with Gasteiger partial charge in [0.05, 0.1) is 0 Å². The van der Waals surface area contributed by atoms with Crippen LogP contribution in [0.4, 0.5) is 17.1 Å². The molecule has 0 fully saturated rings. The largest absolute Gasteiger partial charge is 0.398 e. The molecular weight excluding hydrogens is 763 g/mol. The van der Waals surface area contributed by atoms with Crippen LogP contribution in [0.3, 0.4) is 0 Å². The third kappa shape index (κ3) is 12.0. The average Bonchev–Trinajstić information content (AvgIpc) is 3.22. The first-order valence-electron chi connectivity index (χ1n) is 20.5. The fourth-order valence-electron chi connectivity index (χ4n) is 7.10. The highest BCUT2D eigenvalue weighted by atomic mass is 14.6. The third-order valence-corrected chi connectivity index (χ3v) is 9.83. The van der Waals surface area contributed by atoms with Gasteiger partial charge in [-0.25, -0.2) is 0 Å². The molecule has 0 bridgehead atoms. The van der Waals surface area contributed by atoms with E-state index in [-0.39, 0.29) is 0 Å². The number of hydrogen-bond acceptors (Lipinski definition) is 3. The van der Waals surface area contributed by atoms with Gasteiger partial charge < -0.3 is 17.2 Å². The van der Waals surface area contributed by atoms with Crippen LogP contribution in [0.1, 0.15) is 100 Å². The summed E-state index contributed by atoms with van der Waals surface area (Å²) in [5.74, 6) is 39.1. The minimum atomic E-state index is 0.543. The minimum Gasteiger partial charge on any atom is -0.398 e. The van der Waals surface area contributed by atoms with Crippen molar-refractivity contribution in [2.24, 2.45) is 0 Å². The predicted octanol–water partition coefficient (Wildman–Crippen LogP) is 10.7. The molecule has 0 atom stereocenters. The number of rotatable bonds is 0. The van der Waals surface area contributed by atoms with E-state index in [1.54, 1.807) is 0 Å². The highest BCUT2D eigenvalue weighted by Gasteiger charge is 2.03. The molecule has 0 aliphatic heterocycles. The number of aryl methyl sites for hydroxylation is 6. The van der Waals surface area contributed by atoms with Crippen molar-refractivity contribution < 1.29 is 0 Å². The van der Waals surface area contributed by atoms with E-state index in [4.69, 9.17) is 17.2 Å². The van der Waals surface area contributed by atoms with Gasteiger partial charge in [0.1, 0.15) is 0 Å². The Balaban J connectivity index is 1.19. The topological polar surface area (TPSA) is 78.1 Å². The summed E-state index contributed by atoms with van der Waals surface area (Å²) in [6.07, 6.45) is 0. The van der Waals surface area contributed by atoms with E-state index in [0.29, 0.717) is 33.8 Å². The van der Waals surface area contributed by atoms with E-state index in [1.165, 1.54) is 33.4 Å². The molecule has 0 amide bonds. The Morgan fingerprint density at radius 3 is 0.667 bits per heavy atom. The molecule has 0 saturated heterocycles. The second kappa shape index (κ2) is 19.1. The monoisotopic (exact) mass is 807 g/mol. The summed E-state index contributed by atoms with van der Waals surface area (Å²) < 4.78 is 0. The maximum absolute atomic E-state index is 6.50. The normalized spacial score (nSPS) is 9.81. The molecule has 0 spiro atoms. The van der Waals surface area contributed by atoms with Crippen LogP contribution in [0.2, 0.25) is 0 Å². The van der Waals surface area contributed by atoms with Gasteiger partial charge in [-0.15, -0.1) is 0 Å². The molecule has 0 aromatic heterocycles. The first-order valence-corrected chi connectivity index (χ1v) is 20.5. The zero-order valence-corrected chi connectivity index (χ0v) is 36.4. The van der Waals surface area contributed by atoms with Crippen molar-refractivity contribution in [1.29, 1.82) is 0 Å². The van der Waals surface area contributed by atoms with E-state index < -0.39 is 0 Å². The van der Waals surface area contributed by atoms with Gasteiger partial charge >= 0.3 is 0 Å². The highest BCUT2D eigenvalue weighted by molar-refractivity contribution is 5.66. The van der Waals surface area contributed by atoms with Crippen LogP contribution >= 0.6 is 0 Å². The zero-order chi connectivity index (χ0) is 44.5. The molecule has 0 saturated carbocycles. The molecule has 3 heteroatoms. The second-order valence-corrected chi connectivity index (χ2v) is 15.8. The zero-order valence-electron chi connectivity index (χ0n) is 36.4. The smallest absolute Gasteiger partial charge is 0.0485 e. The fraction of sp³-hybridized carbons (Fsp3) is 0.100. The molecule has 0 unspecified atom stereocenters.